The Hall–Kier alpha value is -2.74. The van der Waals surface area contributed by atoms with Crippen molar-refractivity contribution in [2.75, 3.05) is 24.7 Å². The molecule has 10 atom stereocenters. The smallest absolute Gasteiger partial charge is 0.386 e. The van der Waals surface area contributed by atoms with E-state index in [4.69, 9.17) is 39.0 Å². The molecule has 234 valence electrons. The van der Waals surface area contributed by atoms with Gasteiger partial charge in [0, 0.05) is 6.20 Å². The van der Waals surface area contributed by atoms with Crippen molar-refractivity contribution in [3.63, 3.8) is 0 Å². The number of alkyl halides is 2. The molecule has 0 aliphatic carbocycles. The zero-order valence-corrected chi connectivity index (χ0v) is 25.3. The average Bonchev–Trinajstić information content (AvgIpc) is 3.73. The van der Waals surface area contributed by atoms with Gasteiger partial charge >= 0.3 is 6.80 Å². The number of hydrogen-bond acceptors (Lipinski definition) is 15. The number of nitrogens with two attached hydrogens (primary N) is 2. The molecule has 3 aliphatic rings. The second-order valence-electron chi connectivity index (χ2n) is 10.3. The second-order valence-corrected chi connectivity index (χ2v) is 15.2. The number of aromatic nitrogens is 7. The summed E-state index contributed by atoms with van der Waals surface area (Å²) >= 11 is 4.01. The van der Waals surface area contributed by atoms with Gasteiger partial charge in [0.05, 0.1) is 31.6 Å². The number of thiol groups is 1. The number of imidazole rings is 2. The Labute approximate surface area is 252 Å². The molecule has 4 N–H and O–H groups in total. The first-order chi connectivity index (χ1) is 20.9. The molecule has 23 heteroatoms. The third kappa shape index (κ3) is 5.19. The monoisotopic (exact) mass is 673 g/mol. The number of anilines is 2. The van der Waals surface area contributed by atoms with Gasteiger partial charge in [-0.1, -0.05) is 12.2 Å². The van der Waals surface area contributed by atoms with Crippen molar-refractivity contribution in [3.05, 3.63) is 31.2 Å². The predicted octanol–water partition coefficient (Wildman–Crippen LogP) is 1.50. The van der Waals surface area contributed by atoms with Crippen LogP contribution in [0.4, 0.5) is 20.3 Å². The van der Waals surface area contributed by atoms with Crippen LogP contribution in [0.1, 0.15) is 12.5 Å². The van der Waals surface area contributed by atoms with E-state index in [0.29, 0.717) is 11.2 Å². The third-order valence-corrected chi connectivity index (χ3v) is 10.3. The summed E-state index contributed by atoms with van der Waals surface area (Å²) in [6, 6.07) is 1.53. The Kier molecular flexibility index (Phi) is 7.46. The summed E-state index contributed by atoms with van der Waals surface area (Å²) in [6.07, 6.45) is -7.32. The molecule has 0 aromatic carbocycles. The minimum absolute atomic E-state index is 0.0633. The van der Waals surface area contributed by atoms with Crippen LogP contribution in [0.2, 0.25) is 0 Å². The highest BCUT2D eigenvalue weighted by molar-refractivity contribution is 8.44. The lowest BCUT2D eigenvalue weighted by Gasteiger charge is -2.29. The maximum Gasteiger partial charge on any atom is 0.386 e. The second kappa shape index (κ2) is 11.0. The Bertz CT molecular complexity index is 1710. The molecule has 3 fully saturated rings. The fraction of sp³-hybridized carbons (Fsp3) is 0.476. The van der Waals surface area contributed by atoms with Crippen LogP contribution >= 0.6 is 26.5 Å². The van der Waals surface area contributed by atoms with Gasteiger partial charge in [-0.2, -0.15) is 0 Å². The van der Waals surface area contributed by atoms with E-state index in [1.165, 1.54) is 40.4 Å². The SMILES string of the molecule is B[P@]1(=O)OC[C@H]2O[C@@H](n3cnc4c(N)ncnc43)[C@H](F)[C@@H]2O[P@](=O)(S)OC[C@H]2O[C@@H](n3cnc4c(N)ccnc43)[C@H](F)[C@@H]2O1. The first-order valence-corrected chi connectivity index (χ1v) is 17.8. The molecule has 0 saturated carbocycles. The average molecular weight is 673 g/mol. The summed E-state index contributed by atoms with van der Waals surface area (Å²) in [5, 5.41) is 0. The molecule has 4 aromatic rings. The van der Waals surface area contributed by atoms with Crippen molar-refractivity contribution in [2.24, 2.45) is 0 Å². The minimum atomic E-state index is -4.36. The molecule has 0 spiro atoms. The molecule has 0 unspecified atom stereocenters. The standard InChI is InChI=1S/C21H24BF2N9O8P2S/c22-42(34)36-3-9-16(12(24)21(38-9)33-7-31-14-17(26)28-5-29-19(14)33)41-43(35,44)37-4-10-15(40-42)11(23)20(39-10)32-6-30-13-8(25)1-2-27-18(13)32/h1-2,5-7,9-12,15-16,20-21H,3-4,22H2,(H2,25,27)(H,35,44)(H2,26,28,29)/t9-,10-,11-,12-,15-,16-,20-,21-,42+,43-/m1/s1. The van der Waals surface area contributed by atoms with Crippen LogP contribution < -0.4 is 11.5 Å². The summed E-state index contributed by atoms with van der Waals surface area (Å²) in [4.78, 5) is 20.4. The van der Waals surface area contributed by atoms with Crippen LogP contribution in [0.15, 0.2) is 31.2 Å². The number of nitrogen functional groups attached to an aromatic ring is 2. The molecule has 3 aliphatic heterocycles. The number of rotatable bonds is 2. The van der Waals surface area contributed by atoms with Gasteiger partial charge in [0.1, 0.15) is 41.8 Å². The Morgan fingerprint density at radius 3 is 2.14 bits per heavy atom. The fourth-order valence-electron chi connectivity index (χ4n) is 5.36. The maximum absolute atomic E-state index is 16.0. The predicted molar refractivity (Wildman–Crippen MR) is 154 cm³/mol. The zero-order valence-electron chi connectivity index (χ0n) is 22.6. The number of fused-ring (bicyclic) bond motifs is 4. The number of nitrogens with zero attached hydrogens (tertiary/aromatic N) is 7. The quantitative estimate of drug-likeness (QED) is 0.156. The lowest BCUT2D eigenvalue weighted by atomic mass is 10.1. The van der Waals surface area contributed by atoms with E-state index >= 15 is 8.78 Å². The van der Waals surface area contributed by atoms with E-state index in [1.54, 1.807) is 0 Å². The van der Waals surface area contributed by atoms with Gasteiger partial charge in [-0.15, -0.1) is 0 Å². The molecule has 3 saturated heterocycles. The molecule has 44 heavy (non-hydrogen) atoms. The zero-order chi connectivity index (χ0) is 31.0. The number of ether oxygens (including phenoxy) is 2. The van der Waals surface area contributed by atoms with E-state index in [9.17, 15) is 9.13 Å². The molecule has 7 heterocycles. The van der Waals surface area contributed by atoms with Crippen LogP contribution in [0, 0.1) is 0 Å². The van der Waals surface area contributed by atoms with Crippen LogP contribution in [-0.2, 0) is 36.7 Å². The summed E-state index contributed by atoms with van der Waals surface area (Å²) in [6.45, 7) is -5.53. The van der Waals surface area contributed by atoms with Gasteiger partial charge in [0.15, 0.2) is 41.9 Å². The van der Waals surface area contributed by atoms with Gasteiger partial charge in [0.25, 0.3) is 15.0 Å². The number of halogens is 2. The van der Waals surface area contributed by atoms with Gasteiger partial charge in [-0.05, 0) is 6.07 Å². The molecule has 7 rings (SSSR count). The van der Waals surface area contributed by atoms with Crippen molar-refractivity contribution in [1.82, 2.24) is 34.1 Å². The summed E-state index contributed by atoms with van der Waals surface area (Å²) in [7, 11) is -2.95. The molecule has 17 nitrogen and oxygen atoms in total. The topological polar surface area (TPSA) is 216 Å². The molecule has 0 radical (unpaired) electrons. The lowest BCUT2D eigenvalue weighted by Crippen LogP contribution is -2.37. The Balaban J connectivity index is 1.17. The van der Waals surface area contributed by atoms with E-state index in [-0.39, 0.29) is 22.6 Å². The van der Waals surface area contributed by atoms with E-state index in [0.717, 1.165) is 7.57 Å². The molecule has 4 aromatic heterocycles. The van der Waals surface area contributed by atoms with Crippen molar-refractivity contribution in [3.8, 4) is 0 Å². The third-order valence-electron chi connectivity index (χ3n) is 7.40. The molecular formula is C21H24BF2N9O8P2S. The Morgan fingerprint density at radius 2 is 1.45 bits per heavy atom. The van der Waals surface area contributed by atoms with Crippen LogP contribution in [0.3, 0.4) is 0 Å². The highest BCUT2D eigenvalue weighted by Crippen LogP contribution is 2.58. The first-order valence-electron chi connectivity index (χ1n) is 13.1. The minimum Gasteiger partial charge on any atom is -0.397 e. The highest BCUT2D eigenvalue weighted by Gasteiger charge is 2.54. The van der Waals surface area contributed by atoms with Crippen LogP contribution in [-0.4, -0.2) is 91.6 Å². The number of pyridine rings is 1. The van der Waals surface area contributed by atoms with Crippen molar-refractivity contribution in [2.45, 2.75) is 49.2 Å². The summed E-state index contributed by atoms with van der Waals surface area (Å²) < 4.78 is 95.2. The van der Waals surface area contributed by atoms with Crippen molar-refractivity contribution < 1.29 is 45.5 Å². The summed E-state index contributed by atoms with van der Waals surface area (Å²) in [5.41, 5.74) is 13.0. The molecule has 0 amide bonds. The van der Waals surface area contributed by atoms with Gasteiger partial charge < -0.3 is 30.0 Å². The summed E-state index contributed by atoms with van der Waals surface area (Å²) in [5.74, 6) is 0.0633. The lowest BCUT2D eigenvalue weighted by molar-refractivity contribution is -0.0546. The fourth-order valence-corrected chi connectivity index (χ4v) is 8.02. The van der Waals surface area contributed by atoms with E-state index in [2.05, 4.69) is 37.2 Å². The maximum atomic E-state index is 16.0. The van der Waals surface area contributed by atoms with E-state index < -0.39 is 76.7 Å². The highest BCUT2D eigenvalue weighted by atomic mass is 32.7. The van der Waals surface area contributed by atoms with Crippen molar-refractivity contribution >= 4 is 67.9 Å². The van der Waals surface area contributed by atoms with Gasteiger partial charge in [-0.3, -0.25) is 22.7 Å². The largest absolute Gasteiger partial charge is 0.397 e. The van der Waals surface area contributed by atoms with Crippen molar-refractivity contribution in [1.29, 1.82) is 0 Å². The molecular weight excluding hydrogens is 649 g/mol. The van der Waals surface area contributed by atoms with E-state index in [1.807, 2.05) is 0 Å². The number of hydrogen-bond donors (Lipinski definition) is 3. The normalized spacial score (nSPS) is 38.2. The van der Waals surface area contributed by atoms with Gasteiger partial charge in [-0.25, -0.2) is 38.3 Å². The molecule has 0 bridgehead atoms. The first kappa shape index (κ1) is 29.9. The van der Waals surface area contributed by atoms with Crippen LogP contribution in [0.25, 0.3) is 22.3 Å². The Morgan fingerprint density at radius 1 is 0.864 bits per heavy atom. The van der Waals surface area contributed by atoms with Gasteiger partial charge in [0.2, 0.25) is 0 Å². The van der Waals surface area contributed by atoms with Crippen LogP contribution in [0.5, 0.6) is 0 Å².